The molecule has 1 aromatic heterocycles. The van der Waals surface area contributed by atoms with Gasteiger partial charge in [-0.25, -0.2) is 4.98 Å². The predicted molar refractivity (Wildman–Crippen MR) is 48.1 cm³/mol. The molecule has 0 unspecified atom stereocenters. The highest BCUT2D eigenvalue weighted by molar-refractivity contribution is 5.49. The van der Waals surface area contributed by atoms with Gasteiger partial charge in [0, 0.05) is 11.9 Å². The minimum atomic E-state index is 0.856. The van der Waals surface area contributed by atoms with Crippen LogP contribution in [-0.2, 0) is 0 Å². The highest BCUT2D eigenvalue weighted by atomic mass is 15.1. The van der Waals surface area contributed by atoms with Crippen molar-refractivity contribution >= 4 is 11.8 Å². The van der Waals surface area contributed by atoms with Crippen LogP contribution >= 0.6 is 0 Å². The summed E-state index contributed by atoms with van der Waals surface area (Å²) in [5.41, 5.74) is 1.95. The van der Waals surface area contributed by atoms with Gasteiger partial charge in [-0.05, 0) is 19.9 Å². The first-order valence-electron chi connectivity index (χ1n) is 3.49. The van der Waals surface area contributed by atoms with E-state index in [4.69, 9.17) is 0 Å². The molecular weight excluding hydrogens is 136 g/mol. The summed E-state index contributed by atoms with van der Waals surface area (Å²) in [4.78, 5) is 4.23. The van der Waals surface area contributed by atoms with Crippen LogP contribution in [0.2, 0.25) is 0 Å². The van der Waals surface area contributed by atoms with Crippen molar-refractivity contribution in [3.8, 4) is 0 Å². The molecule has 2 heteroatoms. The van der Waals surface area contributed by atoms with Gasteiger partial charge in [-0.2, -0.15) is 0 Å². The molecule has 0 bridgehead atoms. The lowest BCUT2D eigenvalue weighted by Gasteiger charge is -2.00. The zero-order chi connectivity index (χ0) is 8.43. The summed E-state index contributed by atoms with van der Waals surface area (Å²) in [6.45, 7) is 11.4. The Hall–Kier alpha value is -1.31. The average Bonchev–Trinajstić information content (AvgIpc) is 2.30. The van der Waals surface area contributed by atoms with Crippen LogP contribution in [0.15, 0.2) is 19.4 Å². The standard InChI is InChI=1S/C9H12N2/c1-5-9-10-8(4)6-11(9)7(2)3/h5-6H,1-2H2,3-4H3. The second-order valence-corrected chi connectivity index (χ2v) is 2.55. The predicted octanol–water partition coefficient (Wildman–Crippen LogP) is 2.33. The second-order valence-electron chi connectivity index (χ2n) is 2.55. The molecule has 0 aliphatic carbocycles. The number of hydrogen-bond acceptors (Lipinski definition) is 1. The Balaban J connectivity index is 3.22. The van der Waals surface area contributed by atoms with Gasteiger partial charge in [0.15, 0.2) is 0 Å². The van der Waals surface area contributed by atoms with E-state index in [-0.39, 0.29) is 0 Å². The van der Waals surface area contributed by atoms with Crippen LogP contribution in [0, 0.1) is 6.92 Å². The Bertz CT molecular complexity index is 295. The summed E-state index contributed by atoms with van der Waals surface area (Å²) >= 11 is 0. The largest absolute Gasteiger partial charge is 0.305 e. The number of aromatic nitrogens is 2. The van der Waals surface area contributed by atoms with Crippen LogP contribution in [0.1, 0.15) is 18.4 Å². The molecule has 0 saturated heterocycles. The maximum atomic E-state index is 4.23. The van der Waals surface area contributed by atoms with E-state index in [2.05, 4.69) is 18.1 Å². The lowest BCUT2D eigenvalue weighted by atomic mass is 10.5. The van der Waals surface area contributed by atoms with Crippen LogP contribution in [0.3, 0.4) is 0 Å². The van der Waals surface area contributed by atoms with Crippen molar-refractivity contribution in [2.24, 2.45) is 0 Å². The molecule has 11 heavy (non-hydrogen) atoms. The molecule has 58 valence electrons. The van der Waals surface area contributed by atoms with Crippen LogP contribution < -0.4 is 0 Å². The summed E-state index contributed by atoms with van der Waals surface area (Å²) in [6.07, 6.45) is 3.67. The van der Waals surface area contributed by atoms with Gasteiger partial charge in [0.1, 0.15) is 5.82 Å². The Morgan fingerprint density at radius 3 is 2.73 bits per heavy atom. The van der Waals surface area contributed by atoms with Crippen molar-refractivity contribution in [2.75, 3.05) is 0 Å². The van der Waals surface area contributed by atoms with Gasteiger partial charge >= 0.3 is 0 Å². The molecule has 1 aromatic rings. The minimum Gasteiger partial charge on any atom is -0.305 e. The van der Waals surface area contributed by atoms with E-state index in [1.807, 2.05) is 24.6 Å². The van der Waals surface area contributed by atoms with Gasteiger partial charge in [-0.1, -0.05) is 13.2 Å². The molecular formula is C9H12N2. The molecule has 0 radical (unpaired) electrons. The van der Waals surface area contributed by atoms with E-state index >= 15 is 0 Å². The first kappa shape index (κ1) is 7.79. The fourth-order valence-electron chi connectivity index (χ4n) is 0.966. The number of aryl methyl sites for hydroxylation is 1. The number of allylic oxidation sites excluding steroid dienone is 1. The summed E-state index contributed by atoms with van der Waals surface area (Å²) in [7, 11) is 0. The third-order valence-electron chi connectivity index (χ3n) is 1.45. The Morgan fingerprint density at radius 1 is 1.73 bits per heavy atom. The molecule has 0 saturated carbocycles. The number of hydrogen-bond donors (Lipinski definition) is 0. The highest BCUT2D eigenvalue weighted by Gasteiger charge is 2.00. The topological polar surface area (TPSA) is 17.8 Å². The number of imidazole rings is 1. The maximum Gasteiger partial charge on any atom is 0.136 e. The fraction of sp³-hybridized carbons (Fsp3) is 0.222. The maximum absolute atomic E-state index is 4.23. The SMILES string of the molecule is C=Cc1nc(C)cn1C(=C)C. The normalized spacial score (nSPS) is 9.64. The van der Waals surface area contributed by atoms with Crippen LogP contribution in [0.25, 0.3) is 11.8 Å². The summed E-state index contributed by atoms with van der Waals surface area (Å²) < 4.78 is 1.92. The molecule has 1 heterocycles. The monoisotopic (exact) mass is 148 g/mol. The van der Waals surface area contributed by atoms with Gasteiger partial charge in [0.25, 0.3) is 0 Å². The quantitative estimate of drug-likeness (QED) is 0.629. The zero-order valence-corrected chi connectivity index (χ0v) is 6.96. The van der Waals surface area contributed by atoms with E-state index < -0.39 is 0 Å². The van der Waals surface area contributed by atoms with E-state index in [1.54, 1.807) is 6.08 Å². The third-order valence-corrected chi connectivity index (χ3v) is 1.45. The lowest BCUT2D eigenvalue weighted by molar-refractivity contribution is 1.06. The van der Waals surface area contributed by atoms with E-state index in [9.17, 15) is 0 Å². The van der Waals surface area contributed by atoms with Gasteiger partial charge in [0.05, 0.1) is 5.69 Å². The first-order valence-corrected chi connectivity index (χ1v) is 3.49. The zero-order valence-electron chi connectivity index (χ0n) is 6.96. The molecule has 0 spiro atoms. The highest BCUT2D eigenvalue weighted by Crippen LogP contribution is 2.08. The molecule has 0 amide bonds. The van der Waals surface area contributed by atoms with Crippen molar-refractivity contribution in [3.63, 3.8) is 0 Å². The molecule has 0 N–H and O–H groups in total. The fourth-order valence-corrected chi connectivity index (χ4v) is 0.966. The summed E-state index contributed by atoms with van der Waals surface area (Å²) in [5.74, 6) is 0.856. The van der Waals surface area contributed by atoms with Crippen LogP contribution in [0.4, 0.5) is 0 Å². The van der Waals surface area contributed by atoms with Crippen molar-refractivity contribution in [1.82, 2.24) is 9.55 Å². The Kier molecular flexibility index (Phi) is 1.94. The molecule has 1 rings (SSSR count). The second kappa shape index (κ2) is 2.74. The number of nitrogens with zero attached hydrogens (tertiary/aromatic N) is 2. The van der Waals surface area contributed by atoms with E-state index in [0.717, 1.165) is 17.2 Å². The van der Waals surface area contributed by atoms with Gasteiger partial charge < -0.3 is 4.57 Å². The van der Waals surface area contributed by atoms with Gasteiger partial charge in [0.2, 0.25) is 0 Å². The molecule has 2 nitrogen and oxygen atoms in total. The Labute approximate surface area is 66.9 Å². The molecule has 0 aliphatic rings. The smallest absolute Gasteiger partial charge is 0.136 e. The van der Waals surface area contributed by atoms with E-state index in [1.165, 1.54) is 0 Å². The first-order chi connectivity index (χ1) is 5.15. The van der Waals surface area contributed by atoms with Crippen molar-refractivity contribution in [3.05, 3.63) is 30.9 Å². The van der Waals surface area contributed by atoms with Gasteiger partial charge in [-0.15, -0.1) is 0 Å². The van der Waals surface area contributed by atoms with Gasteiger partial charge in [-0.3, -0.25) is 0 Å². The Morgan fingerprint density at radius 2 is 2.36 bits per heavy atom. The lowest BCUT2D eigenvalue weighted by Crippen LogP contribution is -1.92. The minimum absolute atomic E-state index is 0.856. The molecule has 0 aliphatic heterocycles. The van der Waals surface area contributed by atoms with Crippen molar-refractivity contribution < 1.29 is 0 Å². The average molecular weight is 148 g/mol. The number of rotatable bonds is 2. The molecule has 0 atom stereocenters. The summed E-state index contributed by atoms with van der Waals surface area (Å²) in [6, 6.07) is 0. The van der Waals surface area contributed by atoms with Crippen molar-refractivity contribution in [2.45, 2.75) is 13.8 Å². The third kappa shape index (κ3) is 1.40. The van der Waals surface area contributed by atoms with Crippen LogP contribution in [-0.4, -0.2) is 9.55 Å². The van der Waals surface area contributed by atoms with Crippen LogP contribution in [0.5, 0.6) is 0 Å². The van der Waals surface area contributed by atoms with Crippen molar-refractivity contribution in [1.29, 1.82) is 0 Å². The molecule has 0 aromatic carbocycles. The molecule has 0 fully saturated rings. The van der Waals surface area contributed by atoms with E-state index in [0.29, 0.717) is 0 Å². The summed E-state index contributed by atoms with van der Waals surface area (Å²) in [5, 5.41) is 0.